The van der Waals surface area contributed by atoms with Crippen molar-refractivity contribution in [2.24, 2.45) is 0 Å². The van der Waals surface area contributed by atoms with Crippen LogP contribution in [0.15, 0.2) is 35.9 Å². The van der Waals surface area contributed by atoms with E-state index in [0.717, 1.165) is 36.8 Å². The van der Waals surface area contributed by atoms with E-state index in [9.17, 15) is 4.79 Å². The monoisotopic (exact) mass is 452 g/mol. The molecule has 5 heteroatoms. The highest BCUT2D eigenvalue weighted by molar-refractivity contribution is 6.74. The van der Waals surface area contributed by atoms with Crippen molar-refractivity contribution in [3.63, 3.8) is 0 Å². The Balaban J connectivity index is 2.45. The molecule has 1 aromatic rings. The van der Waals surface area contributed by atoms with Gasteiger partial charge in [-0.15, -0.1) is 0 Å². The molecule has 0 N–H and O–H groups in total. The second kappa shape index (κ2) is 12.1. The fraction of sp³-hybridized carbons (Fsp3) is 0.519. The van der Waals surface area contributed by atoms with Crippen LogP contribution >= 0.6 is 0 Å². The fourth-order valence-corrected chi connectivity index (χ4v) is 3.89. The number of benzene rings is 1. The van der Waals surface area contributed by atoms with Crippen molar-refractivity contribution in [2.45, 2.75) is 77.3 Å². The molecule has 4 nitrogen and oxygen atoms in total. The normalized spacial score (nSPS) is 17.0. The molecule has 0 aromatic heterocycles. The summed E-state index contributed by atoms with van der Waals surface area (Å²) in [6.07, 6.45) is 4.84. The number of allylic oxidation sites excluding steroid dienone is 1. The zero-order chi connectivity index (χ0) is 23.6. The fourth-order valence-electron chi connectivity index (χ4n) is 2.94. The summed E-state index contributed by atoms with van der Waals surface area (Å²) >= 11 is 0. The van der Waals surface area contributed by atoms with Gasteiger partial charge in [0.2, 0.25) is 0 Å². The molecule has 1 aliphatic carbocycles. The predicted octanol–water partition coefficient (Wildman–Crippen LogP) is 5.95. The molecule has 0 saturated carbocycles. The molecule has 0 aliphatic heterocycles. The van der Waals surface area contributed by atoms with Gasteiger partial charge in [0.05, 0.1) is 12.2 Å². The molecule has 0 amide bonds. The maximum Gasteiger partial charge on any atom is 0.333 e. The summed E-state index contributed by atoms with van der Waals surface area (Å²) in [4.78, 5) is 12.4. The highest BCUT2D eigenvalue weighted by Crippen LogP contribution is 2.38. The zero-order valence-corrected chi connectivity index (χ0v) is 21.3. The van der Waals surface area contributed by atoms with Crippen LogP contribution in [0.1, 0.15) is 63.7 Å². The summed E-state index contributed by atoms with van der Waals surface area (Å²) in [6, 6.07) is 7.93. The van der Waals surface area contributed by atoms with Gasteiger partial charge in [-0.3, -0.25) is 0 Å². The van der Waals surface area contributed by atoms with Crippen LogP contribution in [0, 0.1) is 23.7 Å². The van der Waals surface area contributed by atoms with Gasteiger partial charge in [0.15, 0.2) is 14.4 Å². The maximum atomic E-state index is 12.4. The number of carbonyl (C=O) groups excluding carboxylic acids is 1. The molecule has 2 rings (SSSR count). The lowest BCUT2D eigenvalue weighted by Gasteiger charge is -2.36. The Morgan fingerprint density at radius 1 is 1.12 bits per heavy atom. The number of ether oxygens (including phenoxy) is 2. The Morgan fingerprint density at radius 2 is 1.81 bits per heavy atom. The quantitative estimate of drug-likeness (QED) is 0.278. The minimum absolute atomic E-state index is 0.103. The predicted molar refractivity (Wildman–Crippen MR) is 131 cm³/mol. The molecule has 1 unspecified atom stereocenters. The molecule has 172 valence electrons. The summed E-state index contributed by atoms with van der Waals surface area (Å²) in [6.45, 7) is 11.5. The number of hydrogen-bond acceptors (Lipinski definition) is 4. The van der Waals surface area contributed by atoms with Crippen LogP contribution in [0.2, 0.25) is 18.1 Å². The first-order valence-electron chi connectivity index (χ1n) is 11.2. The molecule has 1 aromatic carbocycles. The van der Waals surface area contributed by atoms with Crippen molar-refractivity contribution < 1.29 is 18.7 Å². The Bertz CT molecular complexity index is 932. The van der Waals surface area contributed by atoms with Crippen molar-refractivity contribution in [1.29, 1.82) is 0 Å². The first-order valence-corrected chi connectivity index (χ1v) is 14.1. The molecular formula is C27H36O4Si. The van der Waals surface area contributed by atoms with E-state index in [1.807, 2.05) is 24.3 Å². The van der Waals surface area contributed by atoms with Gasteiger partial charge in [0.1, 0.15) is 6.61 Å². The molecule has 0 fully saturated rings. The minimum atomic E-state index is -1.95. The van der Waals surface area contributed by atoms with Crippen molar-refractivity contribution in [3.8, 4) is 23.7 Å². The molecular weight excluding hydrogens is 416 g/mol. The molecule has 1 atom stereocenters. The molecule has 0 heterocycles. The van der Waals surface area contributed by atoms with E-state index in [1.165, 1.54) is 7.11 Å². The number of methoxy groups -OCH3 is 1. The van der Waals surface area contributed by atoms with Crippen LogP contribution in [0.4, 0.5) is 0 Å². The lowest BCUT2D eigenvalue weighted by Crippen LogP contribution is -2.40. The van der Waals surface area contributed by atoms with Gasteiger partial charge in [-0.2, -0.15) is 0 Å². The van der Waals surface area contributed by atoms with Gasteiger partial charge in [-0.25, -0.2) is 4.79 Å². The standard InChI is InChI=1S/C27H36O4Si/c1-27(2,3)32(5,6)30-20-23-18-14-15-19-24(23)26(31-25(28)21-29-4)22-16-12-10-8-7-9-11-13-17-22/h14-15,17-19,26H,7-10,20-21H2,1-6H3/b22-17+. The Labute approximate surface area is 194 Å². The summed E-state index contributed by atoms with van der Waals surface area (Å²) < 4.78 is 17.4. The summed E-state index contributed by atoms with van der Waals surface area (Å²) in [5.41, 5.74) is 2.54. The van der Waals surface area contributed by atoms with Gasteiger partial charge in [0, 0.05) is 31.6 Å². The molecule has 32 heavy (non-hydrogen) atoms. The smallest absolute Gasteiger partial charge is 0.333 e. The van der Waals surface area contributed by atoms with E-state index >= 15 is 0 Å². The second-order valence-electron chi connectivity index (χ2n) is 9.48. The van der Waals surface area contributed by atoms with Crippen molar-refractivity contribution >= 4 is 14.3 Å². The SMILES string of the molecule is COCC(=O)OC(/C1=C/C#CCCCCC#C1)c1ccccc1CO[Si](C)(C)C(C)(C)C. The molecule has 0 bridgehead atoms. The molecule has 1 aliphatic rings. The van der Waals surface area contributed by atoms with Gasteiger partial charge in [-0.1, -0.05) is 68.7 Å². The first-order chi connectivity index (χ1) is 15.2. The van der Waals surface area contributed by atoms with E-state index < -0.39 is 20.4 Å². The lowest BCUT2D eigenvalue weighted by atomic mass is 9.96. The summed E-state index contributed by atoms with van der Waals surface area (Å²) in [7, 11) is -0.472. The minimum Gasteiger partial charge on any atom is -0.450 e. The molecule has 0 saturated heterocycles. The summed E-state index contributed by atoms with van der Waals surface area (Å²) in [5.74, 6) is 12.3. The number of carbonyl (C=O) groups is 1. The largest absolute Gasteiger partial charge is 0.450 e. The average molecular weight is 453 g/mol. The average Bonchev–Trinajstić information content (AvgIpc) is 2.74. The number of rotatable bonds is 8. The van der Waals surface area contributed by atoms with E-state index in [2.05, 4.69) is 57.5 Å². The summed E-state index contributed by atoms with van der Waals surface area (Å²) in [5, 5.41) is 0.103. The van der Waals surface area contributed by atoms with Crippen molar-refractivity contribution in [3.05, 3.63) is 47.0 Å². The maximum absolute atomic E-state index is 12.4. The third-order valence-electron chi connectivity index (χ3n) is 5.94. The van der Waals surface area contributed by atoms with Crippen LogP contribution in [-0.2, 0) is 25.3 Å². The van der Waals surface area contributed by atoms with Crippen LogP contribution in [0.5, 0.6) is 0 Å². The Hall–Kier alpha value is -2.31. The molecule has 0 spiro atoms. The van der Waals surface area contributed by atoms with Crippen LogP contribution < -0.4 is 0 Å². The van der Waals surface area contributed by atoms with Gasteiger partial charge >= 0.3 is 5.97 Å². The van der Waals surface area contributed by atoms with Gasteiger partial charge in [0.25, 0.3) is 0 Å². The zero-order valence-electron chi connectivity index (χ0n) is 20.3. The Kier molecular flexibility index (Phi) is 9.78. The highest BCUT2D eigenvalue weighted by atomic mass is 28.4. The molecule has 0 radical (unpaired) electrons. The Morgan fingerprint density at radius 3 is 2.50 bits per heavy atom. The lowest BCUT2D eigenvalue weighted by molar-refractivity contribution is -0.151. The topological polar surface area (TPSA) is 44.8 Å². The van der Waals surface area contributed by atoms with Gasteiger partial charge in [-0.05, 0) is 36.5 Å². The van der Waals surface area contributed by atoms with Crippen molar-refractivity contribution in [1.82, 2.24) is 0 Å². The van der Waals surface area contributed by atoms with Gasteiger partial charge < -0.3 is 13.9 Å². The highest BCUT2D eigenvalue weighted by Gasteiger charge is 2.37. The van der Waals surface area contributed by atoms with Crippen LogP contribution in [0.25, 0.3) is 0 Å². The van der Waals surface area contributed by atoms with E-state index in [-0.39, 0.29) is 11.6 Å². The number of esters is 1. The first kappa shape index (κ1) is 25.9. The number of hydrogen-bond donors (Lipinski definition) is 0. The third kappa shape index (κ3) is 7.68. The van der Waals surface area contributed by atoms with E-state index in [1.54, 1.807) is 6.08 Å². The van der Waals surface area contributed by atoms with Crippen LogP contribution in [-0.4, -0.2) is 28.0 Å². The second-order valence-corrected chi connectivity index (χ2v) is 14.3. The van der Waals surface area contributed by atoms with Crippen molar-refractivity contribution in [2.75, 3.05) is 13.7 Å². The third-order valence-corrected chi connectivity index (χ3v) is 10.4. The van der Waals surface area contributed by atoms with E-state index in [4.69, 9.17) is 13.9 Å². The van der Waals surface area contributed by atoms with E-state index in [0.29, 0.717) is 12.2 Å². The van der Waals surface area contributed by atoms with Crippen LogP contribution in [0.3, 0.4) is 0 Å².